The molecule has 0 aliphatic rings. The van der Waals surface area contributed by atoms with Crippen LogP contribution in [0.2, 0.25) is 0 Å². The van der Waals surface area contributed by atoms with E-state index in [1.54, 1.807) is 0 Å². The van der Waals surface area contributed by atoms with Crippen molar-refractivity contribution in [3.05, 3.63) is 369 Å². The van der Waals surface area contributed by atoms with Gasteiger partial charge >= 0.3 is 0 Å². The highest BCUT2D eigenvalue weighted by atomic mass is 32.2. The van der Waals surface area contributed by atoms with Gasteiger partial charge in [0.05, 0.1) is 43.6 Å². The van der Waals surface area contributed by atoms with Gasteiger partial charge in [-0.05, 0) is 200 Å². The lowest BCUT2D eigenvalue weighted by atomic mass is 10.3. The standard InChI is InChI=1S/4C18H14S2.C6HF5O.CH2O.3CH4/c4*19-15-11-13-18(14-12-15)20(16-7-3-1-4-8-16)17-9-5-2-6-10-17;7-1-2(8)4(10)6(12)5(11)3(1)9;1-2;;;/h4*1-14H;12H;1H2;3*1H4/p+3. The molecular formula is C82H74F5O2S8+3. The topological polar surface area (TPSA) is 40.1 Å². The first kappa shape index (κ1) is 79.5. The van der Waals surface area contributed by atoms with Crippen molar-refractivity contribution < 1.29 is 31.9 Å². The number of rotatable bonds is 12. The molecule has 494 valence electrons. The maximum Gasteiger partial charge on any atom is 0.200 e. The summed E-state index contributed by atoms with van der Waals surface area (Å²) in [5.74, 6) is -13.6. The summed E-state index contributed by atoms with van der Waals surface area (Å²) in [7, 11) is -0.227. The van der Waals surface area contributed by atoms with Crippen LogP contribution in [-0.4, -0.2) is 6.79 Å². The van der Waals surface area contributed by atoms with Crippen molar-refractivity contribution >= 4 is 101 Å². The minimum atomic E-state index is -2.33. The average Bonchev–Trinajstić information content (AvgIpc) is 0.887. The minimum Gasteiger partial charge on any atom is -0.868 e. The van der Waals surface area contributed by atoms with Gasteiger partial charge in [-0.25, -0.2) is 22.0 Å². The van der Waals surface area contributed by atoms with Gasteiger partial charge < -0.3 is 9.90 Å². The Kier molecular flexibility index (Phi) is 34.2. The lowest BCUT2D eigenvalue weighted by molar-refractivity contribution is -0.277. The molecule has 0 aliphatic carbocycles. The van der Waals surface area contributed by atoms with Crippen molar-refractivity contribution in [3.8, 4) is 5.75 Å². The first-order chi connectivity index (χ1) is 45.8. The molecule has 0 spiro atoms. The van der Waals surface area contributed by atoms with E-state index in [1.165, 1.54) is 58.7 Å². The van der Waals surface area contributed by atoms with E-state index in [-0.39, 0.29) is 65.9 Å². The van der Waals surface area contributed by atoms with Crippen molar-refractivity contribution in [3.63, 3.8) is 0 Å². The van der Waals surface area contributed by atoms with Crippen LogP contribution in [0, 0.1) is 29.1 Å². The third-order valence-corrected chi connectivity index (χ3v) is 23.4. The lowest BCUT2D eigenvalue weighted by Crippen LogP contribution is -2.07. The Labute approximate surface area is 602 Å². The number of hydrogen-bond acceptors (Lipinski definition) is 6. The minimum absolute atomic E-state index is 0. The SMILES string of the molecule is C.C.C.C=O.Sc1ccc([S+](c2ccccc2)c2ccccc2)cc1.Sc1ccc([S+](c2ccccc2)c2ccccc2)cc1.Sc1ccc([S+](c2ccccc2)c2ccccc2)cc1.Sc1ccc([S+](c2ccccc2)c2ccccc2)cc1.[O-]c1c(F)c(F)c(F)c(F)c1F. The van der Waals surface area contributed by atoms with E-state index in [9.17, 15) is 27.1 Å². The molecule has 0 radical (unpaired) electrons. The van der Waals surface area contributed by atoms with Gasteiger partial charge in [-0.3, -0.25) is 0 Å². The highest BCUT2D eigenvalue weighted by molar-refractivity contribution is 7.98. The van der Waals surface area contributed by atoms with Gasteiger partial charge in [0.1, 0.15) is 6.79 Å². The molecule has 13 aromatic carbocycles. The van der Waals surface area contributed by atoms with E-state index in [2.05, 4.69) is 390 Å². The Morgan fingerprint density at radius 2 is 0.320 bits per heavy atom. The molecule has 0 bridgehead atoms. The van der Waals surface area contributed by atoms with E-state index in [0.717, 1.165) is 19.6 Å². The van der Waals surface area contributed by atoms with Crippen LogP contribution in [0.25, 0.3) is 0 Å². The summed E-state index contributed by atoms with van der Waals surface area (Å²) in [6.07, 6.45) is 0. The van der Waals surface area contributed by atoms with Gasteiger partial charge in [-0.2, -0.15) is 0 Å². The molecule has 0 saturated carbocycles. The third kappa shape index (κ3) is 22.9. The molecule has 0 amide bonds. The number of benzene rings is 13. The smallest absolute Gasteiger partial charge is 0.200 e. The Hall–Kier alpha value is -8.22. The summed E-state index contributed by atoms with van der Waals surface area (Å²) in [5, 5.41) is 10.2. The zero-order valence-corrected chi connectivity index (χ0v) is 57.0. The predicted octanol–water partition coefficient (Wildman–Crippen LogP) is 23.5. The first-order valence-corrected chi connectivity index (χ1v) is 35.5. The molecule has 0 aliphatic heterocycles. The van der Waals surface area contributed by atoms with Gasteiger partial charge in [0.25, 0.3) is 0 Å². The summed E-state index contributed by atoms with van der Waals surface area (Å²) in [6, 6.07) is 119. The number of thiol groups is 4. The second-order valence-corrected chi connectivity index (χ2v) is 29.8. The van der Waals surface area contributed by atoms with Crippen LogP contribution >= 0.6 is 50.5 Å². The molecular weight excluding hydrogens is 1370 g/mol. The van der Waals surface area contributed by atoms with Crippen LogP contribution in [0.1, 0.15) is 22.3 Å². The van der Waals surface area contributed by atoms with Crippen molar-refractivity contribution in [2.45, 2.75) is 101 Å². The molecule has 0 aromatic heterocycles. The van der Waals surface area contributed by atoms with Gasteiger partial charge in [-0.1, -0.05) is 168 Å². The number of carbonyl (C=O) groups excluding carboxylic acids is 1. The quantitative estimate of drug-likeness (QED) is 0.0324. The predicted molar refractivity (Wildman–Crippen MR) is 408 cm³/mol. The molecule has 2 nitrogen and oxygen atoms in total. The average molecular weight is 1440 g/mol. The molecule has 13 aromatic rings. The van der Waals surface area contributed by atoms with Crippen LogP contribution in [0.5, 0.6) is 5.75 Å². The molecule has 13 rings (SSSR count). The van der Waals surface area contributed by atoms with E-state index >= 15 is 0 Å². The maximum absolute atomic E-state index is 12.1. The summed E-state index contributed by atoms with van der Waals surface area (Å²) in [6.45, 7) is 2.00. The van der Waals surface area contributed by atoms with E-state index in [0.29, 0.717) is 0 Å². The van der Waals surface area contributed by atoms with Gasteiger partial charge in [-0.15, -0.1) is 50.5 Å². The maximum atomic E-state index is 12.1. The third-order valence-electron chi connectivity index (χ3n) is 13.3. The number of halogens is 5. The van der Waals surface area contributed by atoms with Crippen molar-refractivity contribution in [2.75, 3.05) is 0 Å². The monoisotopic (exact) mass is 1440 g/mol. The molecule has 0 atom stereocenters. The Bertz CT molecular complexity index is 3560. The lowest BCUT2D eigenvalue weighted by Gasteiger charge is -2.09. The van der Waals surface area contributed by atoms with Crippen LogP contribution < -0.4 is 5.11 Å². The largest absolute Gasteiger partial charge is 0.868 e. The van der Waals surface area contributed by atoms with Gasteiger partial charge in [0.15, 0.2) is 87.8 Å². The van der Waals surface area contributed by atoms with E-state index in [1.807, 2.05) is 6.79 Å². The summed E-state index contributed by atoms with van der Waals surface area (Å²) < 4.78 is 60.4. The highest BCUT2D eigenvalue weighted by Crippen LogP contribution is 2.36. The Balaban J connectivity index is 0.000000218. The molecule has 0 N–H and O–H groups in total. The molecule has 0 heterocycles. The summed E-state index contributed by atoms with van der Waals surface area (Å²) in [5.41, 5.74) is 0. The second-order valence-electron chi connectivity index (χ2n) is 19.6. The molecule has 0 unspecified atom stereocenters. The fourth-order valence-corrected chi connectivity index (χ4v) is 17.9. The molecule has 97 heavy (non-hydrogen) atoms. The number of carbonyl (C=O) groups is 1. The highest BCUT2D eigenvalue weighted by Gasteiger charge is 2.32. The van der Waals surface area contributed by atoms with Gasteiger partial charge in [0.2, 0.25) is 0 Å². The Morgan fingerprint density at radius 1 is 0.206 bits per heavy atom. The zero-order chi connectivity index (χ0) is 66.6. The number of hydrogen-bond donors (Lipinski definition) is 4. The fraction of sp³-hybridized carbons (Fsp3) is 0.0366. The van der Waals surface area contributed by atoms with Gasteiger partial charge in [0, 0.05) is 19.6 Å². The van der Waals surface area contributed by atoms with E-state index in [4.69, 9.17) is 4.79 Å². The second kappa shape index (κ2) is 41.8. The van der Waals surface area contributed by atoms with Crippen molar-refractivity contribution in [2.24, 2.45) is 0 Å². The van der Waals surface area contributed by atoms with Crippen molar-refractivity contribution in [1.82, 2.24) is 0 Å². The summed E-state index contributed by atoms with van der Waals surface area (Å²) in [4.78, 5) is 28.0. The first-order valence-electron chi connectivity index (χ1n) is 28.9. The van der Waals surface area contributed by atoms with Crippen LogP contribution in [0.3, 0.4) is 0 Å². The Morgan fingerprint density at radius 3 is 0.454 bits per heavy atom. The molecule has 15 heteroatoms. The molecule has 0 saturated heterocycles. The molecule has 0 fully saturated rings. The van der Waals surface area contributed by atoms with E-state index < -0.39 is 34.8 Å². The van der Waals surface area contributed by atoms with Crippen LogP contribution in [0.15, 0.2) is 418 Å². The zero-order valence-electron chi connectivity index (χ0n) is 50.2. The van der Waals surface area contributed by atoms with Crippen LogP contribution in [-0.2, 0) is 48.4 Å². The summed E-state index contributed by atoms with van der Waals surface area (Å²) >= 11 is 17.5. The van der Waals surface area contributed by atoms with Crippen LogP contribution in [0.4, 0.5) is 22.0 Å². The van der Waals surface area contributed by atoms with Crippen molar-refractivity contribution in [1.29, 1.82) is 0 Å². The normalized spacial score (nSPS) is 10.2. The fourth-order valence-electron chi connectivity index (χ4n) is 9.00.